The zero-order valence-electron chi connectivity index (χ0n) is 15.0. The number of rotatable bonds is 12. The van der Waals surface area contributed by atoms with E-state index in [0.717, 1.165) is 51.4 Å². The highest BCUT2D eigenvalue weighted by molar-refractivity contribution is 7.89. The molecule has 0 spiro atoms. The van der Waals surface area contributed by atoms with Crippen LogP contribution in [0.4, 0.5) is 0 Å². The van der Waals surface area contributed by atoms with Gasteiger partial charge in [0.2, 0.25) is 10.0 Å². The number of hydrogen-bond donors (Lipinski definition) is 0. The summed E-state index contributed by atoms with van der Waals surface area (Å²) in [6, 6.07) is 2.75. The van der Waals surface area contributed by atoms with Crippen molar-refractivity contribution in [2.75, 3.05) is 13.1 Å². The van der Waals surface area contributed by atoms with Crippen LogP contribution in [0.1, 0.15) is 65.2 Å². The molecule has 3 nitrogen and oxygen atoms in total. The number of hydrogen-bond acceptors (Lipinski definition) is 2. The second-order valence-electron chi connectivity index (χ2n) is 6.22. The quantitative estimate of drug-likeness (QED) is 0.271. The lowest BCUT2D eigenvalue weighted by molar-refractivity contribution is 0.385. The van der Waals surface area contributed by atoms with Crippen molar-refractivity contribution >= 4 is 44.8 Å². The molecule has 0 saturated heterocycles. The summed E-state index contributed by atoms with van der Waals surface area (Å²) in [5.74, 6) is 0. The van der Waals surface area contributed by atoms with Gasteiger partial charge >= 0.3 is 0 Å². The molecule has 144 valence electrons. The van der Waals surface area contributed by atoms with Gasteiger partial charge in [-0.3, -0.25) is 0 Å². The average Bonchev–Trinajstić information content (AvgIpc) is 2.56. The molecule has 0 aromatic heterocycles. The molecule has 1 aromatic rings. The van der Waals surface area contributed by atoms with Gasteiger partial charge in [-0.2, -0.15) is 4.31 Å². The molecule has 7 heteroatoms. The van der Waals surface area contributed by atoms with E-state index in [1.165, 1.54) is 12.1 Å². The van der Waals surface area contributed by atoms with Gasteiger partial charge in [-0.05, 0) is 25.0 Å². The zero-order valence-corrected chi connectivity index (χ0v) is 18.1. The molecule has 0 atom stereocenters. The fourth-order valence-corrected chi connectivity index (χ4v) is 5.12. The van der Waals surface area contributed by atoms with E-state index in [0.29, 0.717) is 13.1 Å². The topological polar surface area (TPSA) is 37.4 Å². The summed E-state index contributed by atoms with van der Waals surface area (Å²) in [5.41, 5.74) is 0. The van der Waals surface area contributed by atoms with E-state index in [1.54, 1.807) is 4.31 Å². The third kappa shape index (κ3) is 7.26. The van der Waals surface area contributed by atoms with Crippen LogP contribution in [0.15, 0.2) is 17.0 Å². The lowest BCUT2D eigenvalue weighted by Gasteiger charge is -2.23. The van der Waals surface area contributed by atoms with Crippen molar-refractivity contribution < 1.29 is 8.42 Å². The standard InChI is InChI=1S/C18H28Cl3NO2S/c1-3-5-7-9-11-22(12-10-8-6-4-2)25(23,24)18-14-16(20)15(19)13-17(18)21/h13-14H,3-12H2,1-2H3. The van der Waals surface area contributed by atoms with E-state index < -0.39 is 10.0 Å². The molecule has 0 aliphatic rings. The highest BCUT2D eigenvalue weighted by atomic mass is 35.5. The molecule has 0 amide bonds. The molecule has 0 aliphatic heterocycles. The molecule has 0 radical (unpaired) electrons. The van der Waals surface area contributed by atoms with Crippen LogP contribution in [0.2, 0.25) is 15.1 Å². The first kappa shape index (κ1) is 23.0. The summed E-state index contributed by atoms with van der Waals surface area (Å²) < 4.78 is 27.7. The van der Waals surface area contributed by atoms with Crippen molar-refractivity contribution in [2.24, 2.45) is 0 Å². The molecule has 0 aliphatic carbocycles. The second kappa shape index (κ2) is 11.7. The average molecular weight is 429 g/mol. The summed E-state index contributed by atoms with van der Waals surface area (Å²) in [6.45, 7) is 5.28. The summed E-state index contributed by atoms with van der Waals surface area (Å²) >= 11 is 18.1. The third-order valence-corrected chi connectivity index (χ3v) is 7.20. The maximum atomic E-state index is 13.1. The van der Waals surface area contributed by atoms with Crippen LogP contribution in [-0.4, -0.2) is 25.8 Å². The van der Waals surface area contributed by atoms with Gasteiger partial charge in [0, 0.05) is 13.1 Å². The Morgan fingerprint density at radius 1 is 0.760 bits per heavy atom. The Kier molecular flexibility index (Phi) is 10.7. The molecule has 0 fully saturated rings. The van der Waals surface area contributed by atoms with Gasteiger partial charge < -0.3 is 0 Å². The van der Waals surface area contributed by atoms with Crippen LogP contribution in [0, 0.1) is 0 Å². The van der Waals surface area contributed by atoms with E-state index in [4.69, 9.17) is 34.8 Å². The number of unbranched alkanes of at least 4 members (excludes halogenated alkanes) is 6. The van der Waals surface area contributed by atoms with Gasteiger partial charge in [-0.25, -0.2) is 8.42 Å². The molecule has 0 bridgehead atoms. The molecule has 0 heterocycles. The number of sulfonamides is 1. The molecule has 1 rings (SSSR count). The lowest BCUT2D eigenvalue weighted by atomic mass is 10.2. The van der Waals surface area contributed by atoms with Crippen molar-refractivity contribution in [2.45, 2.75) is 70.1 Å². The first-order valence-corrected chi connectivity index (χ1v) is 11.6. The highest BCUT2D eigenvalue weighted by Gasteiger charge is 2.27. The highest BCUT2D eigenvalue weighted by Crippen LogP contribution is 2.33. The largest absolute Gasteiger partial charge is 0.244 e. The summed E-state index contributed by atoms with van der Waals surface area (Å²) in [7, 11) is -3.69. The Bertz CT molecular complexity index is 623. The second-order valence-corrected chi connectivity index (χ2v) is 9.35. The Hall–Kier alpha value is -0.000000000000000111. The van der Waals surface area contributed by atoms with Gasteiger partial charge in [0.1, 0.15) is 4.90 Å². The minimum atomic E-state index is -3.69. The molecular formula is C18H28Cl3NO2S. The Morgan fingerprint density at radius 3 is 1.72 bits per heavy atom. The number of nitrogens with zero attached hydrogens (tertiary/aromatic N) is 1. The van der Waals surface area contributed by atoms with Crippen molar-refractivity contribution in [3.05, 3.63) is 27.2 Å². The van der Waals surface area contributed by atoms with E-state index in [-0.39, 0.29) is 20.0 Å². The van der Waals surface area contributed by atoms with Crippen LogP contribution in [0.5, 0.6) is 0 Å². The summed E-state index contributed by atoms with van der Waals surface area (Å²) in [4.78, 5) is 0.0366. The third-order valence-electron chi connectivity index (χ3n) is 4.11. The van der Waals surface area contributed by atoms with Crippen molar-refractivity contribution in [3.8, 4) is 0 Å². The first-order valence-electron chi connectivity index (χ1n) is 8.99. The first-order chi connectivity index (χ1) is 11.8. The van der Waals surface area contributed by atoms with Crippen molar-refractivity contribution in [1.82, 2.24) is 4.31 Å². The predicted octanol–water partition coefficient (Wildman–Crippen LogP) is 6.80. The normalized spacial score (nSPS) is 12.1. The van der Waals surface area contributed by atoms with Gasteiger partial charge in [-0.15, -0.1) is 0 Å². The lowest BCUT2D eigenvalue weighted by Crippen LogP contribution is -2.33. The van der Waals surface area contributed by atoms with Gasteiger partial charge in [0.05, 0.1) is 15.1 Å². The summed E-state index contributed by atoms with van der Waals surface area (Å²) in [6.07, 6.45) is 8.18. The molecule has 1 aromatic carbocycles. The molecule has 0 unspecified atom stereocenters. The van der Waals surface area contributed by atoms with Crippen LogP contribution in [-0.2, 0) is 10.0 Å². The summed E-state index contributed by atoms with van der Waals surface area (Å²) in [5, 5.41) is 0.561. The smallest absolute Gasteiger partial charge is 0.207 e. The van der Waals surface area contributed by atoms with Crippen molar-refractivity contribution in [3.63, 3.8) is 0 Å². The van der Waals surface area contributed by atoms with Crippen LogP contribution < -0.4 is 0 Å². The Balaban J connectivity index is 2.97. The minimum absolute atomic E-state index is 0.0366. The molecule has 25 heavy (non-hydrogen) atoms. The molecule has 0 N–H and O–H groups in total. The monoisotopic (exact) mass is 427 g/mol. The van der Waals surface area contributed by atoms with E-state index >= 15 is 0 Å². The van der Waals surface area contributed by atoms with Gasteiger partial charge in [0.15, 0.2) is 0 Å². The van der Waals surface area contributed by atoms with Crippen molar-refractivity contribution in [1.29, 1.82) is 0 Å². The minimum Gasteiger partial charge on any atom is -0.207 e. The van der Waals surface area contributed by atoms with E-state index in [9.17, 15) is 8.42 Å². The molecule has 0 saturated carbocycles. The van der Waals surface area contributed by atoms with Crippen LogP contribution >= 0.6 is 34.8 Å². The Morgan fingerprint density at radius 2 is 1.24 bits per heavy atom. The number of halogens is 3. The fraction of sp³-hybridized carbons (Fsp3) is 0.667. The van der Waals surface area contributed by atoms with Gasteiger partial charge in [-0.1, -0.05) is 87.2 Å². The zero-order chi connectivity index (χ0) is 18.9. The fourth-order valence-electron chi connectivity index (χ4n) is 2.62. The molecular weight excluding hydrogens is 401 g/mol. The van der Waals surface area contributed by atoms with E-state index in [2.05, 4.69) is 13.8 Å². The van der Waals surface area contributed by atoms with Crippen LogP contribution in [0.25, 0.3) is 0 Å². The Labute approximate surface area is 167 Å². The predicted molar refractivity (Wildman–Crippen MR) is 109 cm³/mol. The van der Waals surface area contributed by atoms with Gasteiger partial charge in [0.25, 0.3) is 0 Å². The maximum absolute atomic E-state index is 13.1. The van der Waals surface area contributed by atoms with E-state index in [1.807, 2.05) is 0 Å². The number of benzene rings is 1. The maximum Gasteiger partial charge on any atom is 0.244 e. The SMILES string of the molecule is CCCCCCN(CCCCCC)S(=O)(=O)c1cc(Cl)c(Cl)cc1Cl. The van der Waals surface area contributed by atoms with Crippen LogP contribution in [0.3, 0.4) is 0 Å².